The summed E-state index contributed by atoms with van der Waals surface area (Å²) in [5, 5.41) is 19.5. The molecule has 1 saturated heterocycles. The van der Waals surface area contributed by atoms with Crippen molar-refractivity contribution in [2.75, 3.05) is 18.8 Å². The first kappa shape index (κ1) is 19.6. The molecule has 0 aromatic heterocycles. The van der Waals surface area contributed by atoms with Gasteiger partial charge in [0.1, 0.15) is 5.75 Å². The molecule has 2 N–H and O–H groups in total. The maximum absolute atomic E-state index is 12.9. The molecule has 1 atom stereocenters. The van der Waals surface area contributed by atoms with Crippen LogP contribution in [-0.2, 0) is 9.84 Å². The van der Waals surface area contributed by atoms with Gasteiger partial charge >= 0.3 is 6.09 Å². The summed E-state index contributed by atoms with van der Waals surface area (Å²) in [5.41, 5.74) is 0.577. The van der Waals surface area contributed by atoms with Crippen LogP contribution in [0.25, 0.3) is 0 Å². The molecular formula is C19H21NO5S2. The van der Waals surface area contributed by atoms with Gasteiger partial charge in [-0.05, 0) is 48.1 Å². The van der Waals surface area contributed by atoms with Crippen LogP contribution in [0.1, 0.15) is 24.8 Å². The van der Waals surface area contributed by atoms with Gasteiger partial charge in [-0.2, -0.15) is 0 Å². The average molecular weight is 408 g/mol. The minimum atomic E-state index is -3.74. The van der Waals surface area contributed by atoms with Crippen molar-refractivity contribution in [1.29, 1.82) is 0 Å². The summed E-state index contributed by atoms with van der Waals surface area (Å²) in [5.74, 6) is 0.586. The molecule has 0 aliphatic carbocycles. The van der Waals surface area contributed by atoms with Crippen molar-refractivity contribution >= 4 is 27.7 Å². The first-order valence-electron chi connectivity index (χ1n) is 8.61. The van der Waals surface area contributed by atoms with Gasteiger partial charge in [-0.3, -0.25) is 0 Å². The number of nitrogens with zero attached hydrogens (tertiary/aromatic N) is 1. The number of carbonyl (C=O) groups is 1. The number of rotatable bonds is 5. The number of carboxylic acid groups (broad SMARTS) is 1. The molecule has 2 aromatic carbocycles. The summed E-state index contributed by atoms with van der Waals surface area (Å²) in [4.78, 5) is 13.4. The van der Waals surface area contributed by atoms with E-state index in [0.29, 0.717) is 25.1 Å². The zero-order valence-electron chi connectivity index (χ0n) is 14.8. The van der Waals surface area contributed by atoms with Gasteiger partial charge in [0, 0.05) is 23.9 Å². The Morgan fingerprint density at radius 1 is 1.22 bits per heavy atom. The highest BCUT2D eigenvalue weighted by Crippen LogP contribution is 2.35. The topological polar surface area (TPSA) is 94.9 Å². The zero-order chi connectivity index (χ0) is 19.6. The summed E-state index contributed by atoms with van der Waals surface area (Å²) in [6.07, 6.45) is -0.386. The van der Waals surface area contributed by atoms with Crippen LogP contribution in [0, 0.1) is 0 Å². The van der Waals surface area contributed by atoms with Gasteiger partial charge < -0.3 is 15.1 Å². The summed E-state index contributed by atoms with van der Waals surface area (Å²) in [6.45, 7) is 2.70. The second kappa shape index (κ2) is 7.82. The third kappa shape index (κ3) is 4.06. The number of sulfone groups is 1. The van der Waals surface area contributed by atoms with E-state index in [4.69, 9.17) is 5.11 Å². The minimum absolute atomic E-state index is 0.0236. The SMILES string of the molecule is CCSc1cccc(S(=O)(=O)c2ccc(C3CCN(C(=O)O)C3)c(O)c2)c1. The molecule has 6 nitrogen and oxygen atoms in total. The molecule has 1 amide bonds. The number of thioether (sulfide) groups is 1. The van der Waals surface area contributed by atoms with E-state index in [1.165, 1.54) is 17.0 Å². The van der Waals surface area contributed by atoms with Gasteiger partial charge in [-0.25, -0.2) is 13.2 Å². The van der Waals surface area contributed by atoms with Crippen LogP contribution in [0.3, 0.4) is 0 Å². The first-order chi connectivity index (χ1) is 12.8. The van der Waals surface area contributed by atoms with Crippen molar-refractivity contribution in [2.24, 2.45) is 0 Å². The molecule has 8 heteroatoms. The van der Waals surface area contributed by atoms with Crippen molar-refractivity contribution in [3.05, 3.63) is 48.0 Å². The van der Waals surface area contributed by atoms with Crippen LogP contribution in [0.15, 0.2) is 57.2 Å². The molecule has 1 fully saturated rings. The van der Waals surface area contributed by atoms with Crippen LogP contribution in [0.2, 0.25) is 0 Å². The average Bonchev–Trinajstić information content (AvgIpc) is 3.12. The zero-order valence-corrected chi connectivity index (χ0v) is 16.5. The second-order valence-electron chi connectivity index (χ2n) is 6.35. The molecule has 1 unspecified atom stereocenters. The maximum Gasteiger partial charge on any atom is 0.407 e. The fraction of sp³-hybridized carbons (Fsp3) is 0.316. The molecule has 144 valence electrons. The lowest BCUT2D eigenvalue weighted by molar-refractivity contribution is 0.155. The van der Waals surface area contributed by atoms with Gasteiger partial charge in [-0.15, -0.1) is 11.8 Å². The van der Waals surface area contributed by atoms with Gasteiger partial charge in [0.15, 0.2) is 0 Å². The molecule has 1 aliphatic heterocycles. The lowest BCUT2D eigenvalue weighted by atomic mass is 9.97. The fourth-order valence-electron chi connectivity index (χ4n) is 3.26. The molecule has 1 heterocycles. The largest absolute Gasteiger partial charge is 0.508 e. The Bertz CT molecular complexity index is 958. The quantitative estimate of drug-likeness (QED) is 0.732. The van der Waals surface area contributed by atoms with Crippen LogP contribution >= 0.6 is 11.8 Å². The molecule has 0 saturated carbocycles. The Labute approximate surface area is 162 Å². The Morgan fingerprint density at radius 2 is 1.96 bits per heavy atom. The highest BCUT2D eigenvalue weighted by atomic mass is 32.2. The highest BCUT2D eigenvalue weighted by molar-refractivity contribution is 7.99. The van der Waals surface area contributed by atoms with Gasteiger partial charge in [-0.1, -0.05) is 19.1 Å². The predicted octanol–water partition coefficient (Wildman–Crippen LogP) is 3.80. The molecule has 27 heavy (non-hydrogen) atoms. The lowest BCUT2D eigenvalue weighted by Crippen LogP contribution is -2.26. The minimum Gasteiger partial charge on any atom is -0.508 e. The number of phenols is 1. The smallest absolute Gasteiger partial charge is 0.407 e. The Kier molecular flexibility index (Phi) is 5.67. The monoisotopic (exact) mass is 407 g/mol. The van der Waals surface area contributed by atoms with Crippen molar-refractivity contribution in [2.45, 2.75) is 33.9 Å². The molecule has 1 aliphatic rings. The van der Waals surface area contributed by atoms with E-state index in [1.54, 1.807) is 36.0 Å². The van der Waals surface area contributed by atoms with E-state index in [1.807, 2.05) is 13.0 Å². The van der Waals surface area contributed by atoms with Gasteiger partial charge in [0.2, 0.25) is 9.84 Å². The van der Waals surface area contributed by atoms with Crippen LogP contribution < -0.4 is 0 Å². The van der Waals surface area contributed by atoms with Crippen molar-refractivity contribution < 1.29 is 23.4 Å². The molecule has 2 aromatic rings. The van der Waals surface area contributed by atoms with E-state index in [9.17, 15) is 18.3 Å². The maximum atomic E-state index is 12.9. The van der Waals surface area contributed by atoms with Crippen LogP contribution in [0.4, 0.5) is 4.79 Å². The van der Waals surface area contributed by atoms with E-state index < -0.39 is 15.9 Å². The molecular weight excluding hydrogens is 386 g/mol. The van der Waals surface area contributed by atoms with Crippen LogP contribution in [0.5, 0.6) is 5.75 Å². The van der Waals surface area contributed by atoms with Gasteiger partial charge in [0.25, 0.3) is 0 Å². The fourth-order valence-corrected chi connectivity index (χ4v) is 5.38. The number of likely N-dealkylation sites (tertiary alicyclic amines) is 1. The second-order valence-corrected chi connectivity index (χ2v) is 9.63. The Morgan fingerprint density at radius 3 is 2.59 bits per heavy atom. The normalized spacial score (nSPS) is 17.2. The third-order valence-electron chi connectivity index (χ3n) is 4.64. The molecule has 0 bridgehead atoms. The van der Waals surface area contributed by atoms with E-state index in [2.05, 4.69) is 0 Å². The highest BCUT2D eigenvalue weighted by Gasteiger charge is 2.29. The third-order valence-corrected chi connectivity index (χ3v) is 7.26. The number of phenolic OH excluding ortho intramolecular Hbond substituents is 1. The van der Waals surface area contributed by atoms with E-state index >= 15 is 0 Å². The summed E-state index contributed by atoms with van der Waals surface area (Å²) in [7, 11) is -3.74. The van der Waals surface area contributed by atoms with Crippen molar-refractivity contribution in [1.82, 2.24) is 4.90 Å². The van der Waals surface area contributed by atoms with E-state index in [-0.39, 0.29) is 21.5 Å². The predicted molar refractivity (Wildman–Crippen MR) is 103 cm³/mol. The molecule has 3 rings (SSSR count). The molecule has 0 radical (unpaired) electrons. The summed E-state index contributed by atoms with van der Waals surface area (Å²) >= 11 is 1.56. The van der Waals surface area contributed by atoms with Gasteiger partial charge in [0.05, 0.1) is 9.79 Å². The van der Waals surface area contributed by atoms with Crippen molar-refractivity contribution in [3.8, 4) is 5.75 Å². The lowest BCUT2D eigenvalue weighted by Gasteiger charge is -2.15. The number of benzene rings is 2. The Balaban J connectivity index is 1.89. The standard InChI is InChI=1S/C19H21NO5S2/c1-2-26-14-4-3-5-15(10-14)27(24,25)16-6-7-17(18(21)11-16)13-8-9-20(12-13)19(22)23/h3-7,10-11,13,21H,2,8-9,12H2,1H3,(H,22,23). The first-order valence-corrected chi connectivity index (χ1v) is 11.1. The summed E-state index contributed by atoms with van der Waals surface area (Å²) in [6, 6.07) is 11.1. The number of hydrogen-bond acceptors (Lipinski definition) is 5. The van der Waals surface area contributed by atoms with Crippen molar-refractivity contribution in [3.63, 3.8) is 0 Å². The number of amides is 1. The Hall–Kier alpha value is -2.19. The summed E-state index contributed by atoms with van der Waals surface area (Å²) < 4.78 is 25.8. The molecule has 0 spiro atoms. The van der Waals surface area contributed by atoms with Crippen LogP contribution in [-0.4, -0.2) is 48.5 Å². The number of hydrogen-bond donors (Lipinski definition) is 2. The van der Waals surface area contributed by atoms with E-state index in [0.717, 1.165) is 10.6 Å². The number of aromatic hydroxyl groups is 1.